The zero-order chi connectivity index (χ0) is 20.9. The number of ketones is 1. The Balaban J connectivity index is 1.78. The average molecular weight is 395 g/mol. The van der Waals surface area contributed by atoms with E-state index in [1.807, 2.05) is 13.0 Å². The van der Waals surface area contributed by atoms with Crippen LogP contribution >= 0.6 is 0 Å². The molecule has 4 nitrogen and oxygen atoms in total. The minimum Gasteiger partial charge on any atom is -0.494 e. The lowest BCUT2D eigenvalue weighted by molar-refractivity contribution is 0.0734. The van der Waals surface area contributed by atoms with Crippen LogP contribution in [0.4, 0.5) is 0 Å². The van der Waals surface area contributed by atoms with Crippen molar-refractivity contribution in [2.75, 3.05) is 6.61 Å². The Labute approximate surface area is 173 Å². The van der Waals surface area contributed by atoms with Crippen molar-refractivity contribution in [1.29, 1.82) is 0 Å². The van der Waals surface area contributed by atoms with E-state index in [1.165, 1.54) is 12.8 Å². The van der Waals surface area contributed by atoms with Crippen LogP contribution in [0.25, 0.3) is 0 Å². The smallest absolute Gasteiger partial charge is 0.343 e. The molecule has 0 aliphatic carbocycles. The van der Waals surface area contributed by atoms with Gasteiger partial charge >= 0.3 is 5.97 Å². The first kappa shape index (κ1) is 22.4. The summed E-state index contributed by atoms with van der Waals surface area (Å²) in [5.41, 5.74) is 1.08. The third-order valence-electron chi connectivity index (χ3n) is 4.53. The fourth-order valence-electron chi connectivity index (χ4n) is 2.87. The van der Waals surface area contributed by atoms with Crippen LogP contribution in [0.15, 0.2) is 61.2 Å². The summed E-state index contributed by atoms with van der Waals surface area (Å²) >= 11 is 0. The van der Waals surface area contributed by atoms with E-state index >= 15 is 0 Å². The van der Waals surface area contributed by atoms with E-state index in [2.05, 4.69) is 6.58 Å². The number of esters is 1. The van der Waals surface area contributed by atoms with Crippen LogP contribution in [0.1, 0.15) is 72.6 Å². The molecule has 154 valence electrons. The van der Waals surface area contributed by atoms with E-state index in [-0.39, 0.29) is 5.78 Å². The standard InChI is InChI=1S/C25H30O4/c1-3-5-6-7-8-9-19-28-22-15-13-21(14-16-22)25(27)29-23-17-11-20(12-18-23)24(26)10-4-2/h3,11-18H,1,4-10,19H2,2H3. The van der Waals surface area contributed by atoms with Crippen LogP contribution in [0.3, 0.4) is 0 Å². The number of unbranched alkanes of at least 4 members (excludes halogenated alkanes) is 4. The summed E-state index contributed by atoms with van der Waals surface area (Å²) in [6.45, 7) is 6.36. The van der Waals surface area contributed by atoms with E-state index in [4.69, 9.17) is 9.47 Å². The van der Waals surface area contributed by atoms with Gasteiger partial charge in [0.2, 0.25) is 0 Å². The quantitative estimate of drug-likeness (QED) is 0.130. The third-order valence-corrected chi connectivity index (χ3v) is 4.53. The van der Waals surface area contributed by atoms with Crippen molar-refractivity contribution in [2.24, 2.45) is 0 Å². The Kier molecular flexibility index (Phi) is 9.70. The molecule has 0 amide bonds. The lowest BCUT2D eigenvalue weighted by Gasteiger charge is -2.08. The SMILES string of the molecule is C=CCCCCCCOc1ccc(C(=O)Oc2ccc(C(=O)CCC)cc2)cc1. The Morgan fingerprint density at radius 1 is 0.862 bits per heavy atom. The highest BCUT2D eigenvalue weighted by atomic mass is 16.5. The molecule has 0 radical (unpaired) electrons. The molecule has 4 heteroatoms. The van der Waals surface area contributed by atoms with Crippen molar-refractivity contribution in [3.8, 4) is 11.5 Å². The van der Waals surface area contributed by atoms with E-state index in [9.17, 15) is 9.59 Å². The van der Waals surface area contributed by atoms with Gasteiger partial charge in [0.25, 0.3) is 0 Å². The van der Waals surface area contributed by atoms with Crippen LogP contribution < -0.4 is 9.47 Å². The molecule has 0 fully saturated rings. The van der Waals surface area contributed by atoms with Gasteiger partial charge in [0.1, 0.15) is 11.5 Å². The minimum absolute atomic E-state index is 0.0951. The fraction of sp³-hybridized carbons (Fsp3) is 0.360. The predicted molar refractivity (Wildman–Crippen MR) is 116 cm³/mol. The number of hydrogen-bond donors (Lipinski definition) is 0. The summed E-state index contributed by atoms with van der Waals surface area (Å²) < 4.78 is 11.1. The first-order chi connectivity index (χ1) is 14.1. The highest BCUT2D eigenvalue weighted by molar-refractivity contribution is 5.96. The van der Waals surface area contributed by atoms with E-state index in [1.54, 1.807) is 48.5 Å². The first-order valence-electron chi connectivity index (χ1n) is 10.3. The highest BCUT2D eigenvalue weighted by Gasteiger charge is 2.10. The number of hydrogen-bond acceptors (Lipinski definition) is 4. The molecule has 0 saturated heterocycles. The van der Waals surface area contributed by atoms with Crippen LogP contribution in [0, 0.1) is 0 Å². The van der Waals surface area contributed by atoms with Crippen LogP contribution in [-0.4, -0.2) is 18.4 Å². The van der Waals surface area contributed by atoms with Gasteiger partial charge in [-0.1, -0.05) is 25.8 Å². The lowest BCUT2D eigenvalue weighted by atomic mass is 10.1. The molecule has 0 atom stereocenters. The van der Waals surface area contributed by atoms with Gasteiger partial charge in [-0.3, -0.25) is 4.79 Å². The van der Waals surface area contributed by atoms with Crippen molar-refractivity contribution in [2.45, 2.75) is 51.9 Å². The number of rotatable bonds is 13. The maximum Gasteiger partial charge on any atom is 0.343 e. The summed E-state index contributed by atoms with van der Waals surface area (Å²) in [5.74, 6) is 0.815. The molecule has 2 rings (SSSR count). The molecule has 0 saturated carbocycles. The molecule has 0 unspecified atom stereocenters. The molecule has 0 bridgehead atoms. The maximum absolute atomic E-state index is 12.3. The highest BCUT2D eigenvalue weighted by Crippen LogP contribution is 2.18. The first-order valence-corrected chi connectivity index (χ1v) is 10.3. The van der Waals surface area contributed by atoms with Crippen molar-refractivity contribution < 1.29 is 19.1 Å². The minimum atomic E-state index is -0.439. The van der Waals surface area contributed by atoms with Gasteiger partial charge in [-0.15, -0.1) is 6.58 Å². The topological polar surface area (TPSA) is 52.6 Å². The Morgan fingerprint density at radius 2 is 1.48 bits per heavy atom. The molecule has 29 heavy (non-hydrogen) atoms. The summed E-state index contributed by atoms with van der Waals surface area (Å²) in [6.07, 6.45) is 8.87. The molecule has 2 aromatic carbocycles. The van der Waals surface area contributed by atoms with Crippen LogP contribution in [0.2, 0.25) is 0 Å². The van der Waals surface area contributed by atoms with Crippen molar-refractivity contribution >= 4 is 11.8 Å². The molecule has 0 aliphatic heterocycles. The van der Waals surface area contributed by atoms with E-state index in [0.29, 0.717) is 29.9 Å². The summed E-state index contributed by atoms with van der Waals surface area (Å²) in [6, 6.07) is 13.6. The van der Waals surface area contributed by atoms with E-state index < -0.39 is 5.97 Å². The third kappa shape index (κ3) is 7.94. The van der Waals surface area contributed by atoms with Crippen molar-refractivity contribution in [3.05, 3.63) is 72.3 Å². The fourth-order valence-corrected chi connectivity index (χ4v) is 2.87. The van der Waals surface area contributed by atoms with Gasteiger partial charge < -0.3 is 9.47 Å². The number of Topliss-reactive ketones (excluding diaryl/α,β-unsaturated/α-hetero) is 1. The molecular formula is C25H30O4. The second-order valence-corrected chi connectivity index (χ2v) is 6.95. The van der Waals surface area contributed by atoms with Crippen molar-refractivity contribution in [1.82, 2.24) is 0 Å². The van der Waals surface area contributed by atoms with Gasteiger partial charge in [0.05, 0.1) is 12.2 Å². The largest absolute Gasteiger partial charge is 0.494 e. The lowest BCUT2D eigenvalue weighted by Crippen LogP contribution is -2.08. The number of allylic oxidation sites excluding steroid dienone is 1. The van der Waals surface area contributed by atoms with Crippen LogP contribution in [0.5, 0.6) is 11.5 Å². The number of ether oxygens (including phenoxy) is 2. The molecular weight excluding hydrogens is 364 g/mol. The molecule has 0 spiro atoms. The summed E-state index contributed by atoms with van der Waals surface area (Å²) in [5, 5.41) is 0. The summed E-state index contributed by atoms with van der Waals surface area (Å²) in [4.78, 5) is 24.2. The van der Waals surface area contributed by atoms with Gasteiger partial charge in [0.15, 0.2) is 5.78 Å². The van der Waals surface area contributed by atoms with Gasteiger partial charge in [-0.25, -0.2) is 4.79 Å². The zero-order valence-corrected chi connectivity index (χ0v) is 17.2. The molecule has 0 aromatic heterocycles. The molecule has 0 N–H and O–H groups in total. The predicted octanol–water partition coefficient (Wildman–Crippen LogP) is 6.40. The zero-order valence-electron chi connectivity index (χ0n) is 17.2. The molecule has 0 heterocycles. The summed E-state index contributed by atoms with van der Waals surface area (Å²) in [7, 11) is 0. The number of benzene rings is 2. The number of carbonyl (C=O) groups excluding carboxylic acids is 2. The maximum atomic E-state index is 12.3. The molecule has 0 aliphatic rings. The van der Waals surface area contributed by atoms with Gasteiger partial charge in [0, 0.05) is 12.0 Å². The monoisotopic (exact) mass is 394 g/mol. The second kappa shape index (κ2) is 12.6. The Morgan fingerprint density at radius 3 is 2.14 bits per heavy atom. The number of carbonyl (C=O) groups is 2. The Bertz CT molecular complexity index is 775. The van der Waals surface area contributed by atoms with Gasteiger partial charge in [-0.2, -0.15) is 0 Å². The average Bonchev–Trinajstić information content (AvgIpc) is 2.74. The van der Waals surface area contributed by atoms with Gasteiger partial charge in [-0.05, 0) is 74.2 Å². The van der Waals surface area contributed by atoms with Crippen molar-refractivity contribution in [3.63, 3.8) is 0 Å². The van der Waals surface area contributed by atoms with E-state index in [0.717, 1.165) is 31.4 Å². The second-order valence-electron chi connectivity index (χ2n) is 6.95. The Hall–Kier alpha value is -2.88. The molecule has 2 aromatic rings. The normalized spacial score (nSPS) is 10.4. The van der Waals surface area contributed by atoms with Crippen LogP contribution in [-0.2, 0) is 0 Å².